The Balaban J connectivity index is 3.46. The number of phenolic OH excluding ortho intramolecular Hbond substituents is 1. The van der Waals surface area contributed by atoms with Gasteiger partial charge in [-0.2, -0.15) is 0 Å². The van der Waals surface area contributed by atoms with Crippen LogP contribution in [0.4, 0.5) is 8.78 Å². The molecular formula is C9H8BrF2NO. The van der Waals surface area contributed by atoms with Crippen LogP contribution in [0.15, 0.2) is 23.2 Å². The molecule has 0 heterocycles. The van der Waals surface area contributed by atoms with Crippen LogP contribution < -0.4 is 5.73 Å². The first-order valence-electron chi connectivity index (χ1n) is 3.73. The highest BCUT2D eigenvalue weighted by Gasteiger charge is 2.20. The van der Waals surface area contributed by atoms with Crippen molar-refractivity contribution in [3.8, 4) is 5.75 Å². The smallest absolute Gasteiger partial charge is 0.167 e. The Morgan fingerprint density at radius 3 is 2.64 bits per heavy atom. The summed E-state index contributed by atoms with van der Waals surface area (Å²) in [4.78, 5) is 0. The summed E-state index contributed by atoms with van der Waals surface area (Å²) in [5, 5.41) is 9.42. The van der Waals surface area contributed by atoms with Crippen LogP contribution in [-0.4, -0.2) is 5.11 Å². The third-order valence-electron chi connectivity index (χ3n) is 1.77. The molecule has 0 radical (unpaired) electrons. The van der Waals surface area contributed by atoms with Crippen LogP contribution >= 0.6 is 15.9 Å². The van der Waals surface area contributed by atoms with Gasteiger partial charge in [-0.1, -0.05) is 6.08 Å². The van der Waals surface area contributed by atoms with Gasteiger partial charge in [-0.3, -0.25) is 0 Å². The third-order valence-corrected chi connectivity index (χ3v) is 2.37. The van der Waals surface area contributed by atoms with Crippen molar-refractivity contribution in [1.82, 2.24) is 0 Å². The predicted octanol–water partition coefficient (Wildman–Crippen LogP) is 2.62. The molecule has 76 valence electrons. The molecule has 0 spiro atoms. The Hall–Kier alpha value is -0.940. The van der Waals surface area contributed by atoms with Crippen molar-refractivity contribution in [3.05, 3.63) is 40.4 Å². The van der Waals surface area contributed by atoms with E-state index in [9.17, 15) is 13.9 Å². The number of hydrogen-bond acceptors (Lipinski definition) is 2. The van der Waals surface area contributed by atoms with Crippen molar-refractivity contribution in [1.29, 1.82) is 0 Å². The van der Waals surface area contributed by atoms with Crippen LogP contribution in [0, 0.1) is 11.6 Å². The summed E-state index contributed by atoms with van der Waals surface area (Å²) in [5.74, 6) is -2.63. The number of nitrogens with two attached hydrogens (primary N) is 1. The molecule has 0 bridgehead atoms. The molecule has 0 aliphatic heterocycles. The maximum Gasteiger partial charge on any atom is 0.167 e. The molecule has 14 heavy (non-hydrogen) atoms. The second-order valence-electron chi connectivity index (χ2n) is 2.68. The lowest BCUT2D eigenvalue weighted by Gasteiger charge is -2.12. The maximum atomic E-state index is 13.2. The maximum absolute atomic E-state index is 13.2. The van der Waals surface area contributed by atoms with Crippen molar-refractivity contribution in [3.63, 3.8) is 0 Å². The highest BCUT2D eigenvalue weighted by molar-refractivity contribution is 9.10. The molecule has 0 saturated carbocycles. The first-order chi connectivity index (χ1) is 6.49. The average Bonchev–Trinajstić information content (AvgIpc) is 2.15. The van der Waals surface area contributed by atoms with Crippen molar-refractivity contribution < 1.29 is 13.9 Å². The monoisotopic (exact) mass is 263 g/mol. The molecule has 1 atom stereocenters. The van der Waals surface area contributed by atoms with Gasteiger partial charge >= 0.3 is 0 Å². The van der Waals surface area contributed by atoms with Crippen LogP contribution in [0.3, 0.4) is 0 Å². The Kier molecular flexibility index (Phi) is 3.23. The zero-order valence-electron chi connectivity index (χ0n) is 7.10. The number of halogens is 3. The molecule has 3 N–H and O–H groups in total. The Labute approximate surface area is 88.2 Å². The lowest BCUT2D eigenvalue weighted by atomic mass is 10.1. The molecule has 0 saturated heterocycles. The molecule has 1 aromatic carbocycles. The van der Waals surface area contributed by atoms with Crippen LogP contribution in [-0.2, 0) is 0 Å². The molecule has 0 fully saturated rings. The van der Waals surface area contributed by atoms with Crippen LogP contribution in [0.2, 0.25) is 0 Å². The fourth-order valence-electron chi connectivity index (χ4n) is 1.03. The summed E-state index contributed by atoms with van der Waals surface area (Å²) in [6.07, 6.45) is 1.21. The highest BCUT2D eigenvalue weighted by atomic mass is 79.9. The van der Waals surface area contributed by atoms with E-state index in [0.717, 1.165) is 6.07 Å². The number of aromatic hydroxyl groups is 1. The molecule has 0 aromatic heterocycles. The van der Waals surface area contributed by atoms with Crippen molar-refractivity contribution in [2.45, 2.75) is 6.04 Å². The minimum absolute atomic E-state index is 0.0590. The van der Waals surface area contributed by atoms with E-state index in [0.29, 0.717) is 0 Å². The SMILES string of the molecule is C=C[C@H](N)c1c(O)c(Br)cc(F)c1F. The van der Waals surface area contributed by atoms with E-state index in [-0.39, 0.29) is 10.0 Å². The molecule has 1 aromatic rings. The van der Waals surface area contributed by atoms with Crippen LogP contribution in [0.25, 0.3) is 0 Å². The lowest BCUT2D eigenvalue weighted by molar-refractivity contribution is 0.434. The molecular weight excluding hydrogens is 256 g/mol. The van der Waals surface area contributed by atoms with Gasteiger partial charge in [-0.25, -0.2) is 8.78 Å². The molecule has 1 rings (SSSR count). The number of phenols is 1. The lowest BCUT2D eigenvalue weighted by Crippen LogP contribution is -2.10. The van der Waals surface area contributed by atoms with Crippen LogP contribution in [0.5, 0.6) is 5.75 Å². The average molecular weight is 264 g/mol. The van der Waals surface area contributed by atoms with Gasteiger partial charge in [0, 0.05) is 0 Å². The molecule has 0 unspecified atom stereocenters. The standard InChI is InChI=1S/C9H8BrF2NO/c1-2-6(13)7-8(12)5(11)3-4(10)9(7)14/h2-3,6,14H,1,13H2/t6-/m0/s1. The zero-order valence-corrected chi connectivity index (χ0v) is 8.68. The molecule has 0 aliphatic carbocycles. The minimum Gasteiger partial charge on any atom is -0.506 e. The van der Waals surface area contributed by atoms with E-state index in [1.54, 1.807) is 0 Å². The van der Waals surface area contributed by atoms with Gasteiger partial charge in [0.25, 0.3) is 0 Å². The largest absolute Gasteiger partial charge is 0.506 e. The van der Waals surface area contributed by atoms with Gasteiger partial charge in [-0.05, 0) is 22.0 Å². The van der Waals surface area contributed by atoms with Gasteiger partial charge in [0.2, 0.25) is 0 Å². The number of hydrogen-bond donors (Lipinski definition) is 2. The Morgan fingerprint density at radius 1 is 1.57 bits per heavy atom. The molecule has 5 heteroatoms. The van der Waals surface area contributed by atoms with Crippen molar-refractivity contribution >= 4 is 15.9 Å². The summed E-state index contributed by atoms with van der Waals surface area (Å²) in [7, 11) is 0. The number of rotatable bonds is 2. The van der Waals surface area contributed by atoms with E-state index in [1.165, 1.54) is 6.08 Å². The Bertz CT molecular complexity index is 355. The third kappa shape index (κ3) is 1.78. The van der Waals surface area contributed by atoms with Gasteiger partial charge in [-0.15, -0.1) is 6.58 Å². The van der Waals surface area contributed by atoms with E-state index in [2.05, 4.69) is 22.5 Å². The second-order valence-corrected chi connectivity index (χ2v) is 3.53. The van der Waals surface area contributed by atoms with E-state index in [4.69, 9.17) is 5.73 Å². The topological polar surface area (TPSA) is 46.2 Å². The zero-order chi connectivity index (χ0) is 10.9. The van der Waals surface area contributed by atoms with Gasteiger partial charge in [0.15, 0.2) is 11.6 Å². The normalized spacial score (nSPS) is 12.6. The van der Waals surface area contributed by atoms with Gasteiger partial charge < -0.3 is 10.8 Å². The Morgan fingerprint density at radius 2 is 2.14 bits per heavy atom. The predicted molar refractivity (Wildman–Crippen MR) is 52.8 cm³/mol. The van der Waals surface area contributed by atoms with Gasteiger partial charge in [0.05, 0.1) is 16.1 Å². The quantitative estimate of drug-likeness (QED) is 0.637. The molecule has 2 nitrogen and oxygen atoms in total. The van der Waals surface area contributed by atoms with Crippen molar-refractivity contribution in [2.24, 2.45) is 5.73 Å². The first-order valence-corrected chi connectivity index (χ1v) is 4.52. The summed E-state index contributed by atoms with van der Waals surface area (Å²) >= 11 is 2.88. The van der Waals surface area contributed by atoms with Gasteiger partial charge in [0.1, 0.15) is 5.75 Å². The molecule has 0 amide bonds. The summed E-state index contributed by atoms with van der Waals surface area (Å²) in [6, 6.07) is -0.105. The number of benzene rings is 1. The summed E-state index contributed by atoms with van der Waals surface area (Å²) in [6.45, 7) is 3.34. The fraction of sp³-hybridized carbons (Fsp3) is 0.111. The van der Waals surface area contributed by atoms with E-state index >= 15 is 0 Å². The van der Waals surface area contributed by atoms with E-state index in [1.807, 2.05) is 0 Å². The minimum atomic E-state index is -1.15. The summed E-state index contributed by atoms with van der Waals surface area (Å²) < 4.78 is 26.2. The molecule has 0 aliphatic rings. The van der Waals surface area contributed by atoms with E-state index < -0.39 is 23.4 Å². The van der Waals surface area contributed by atoms with Crippen molar-refractivity contribution in [2.75, 3.05) is 0 Å². The summed E-state index contributed by atoms with van der Waals surface area (Å²) in [5.41, 5.74) is 5.13. The fourth-order valence-corrected chi connectivity index (χ4v) is 1.44. The second kappa shape index (κ2) is 4.06. The first kappa shape index (κ1) is 11.1. The van der Waals surface area contributed by atoms with Crippen LogP contribution in [0.1, 0.15) is 11.6 Å². The highest BCUT2D eigenvalue weighted by Crippen LogP contribution is 2.35.